The molecule has 2 aliphatic rings. The Morgan fingerprint density at radius 1 is 1.55 bits per heavy atom. The predicted octanol–water partition coefficient (Wildman–Crippen LogP) is 0.369. The van der Waals surface area contributed by atoms with Crippen LogP contribution >= 0.6 is 0 Å². The van der Waals surface area contributed by atoms with Gasteiger partial charge in [-0.25, -0.2) is 9.78 Å². The number of hydrogen-bond donors (Lipinski definition) is 2. The lowest BCUT2D eigenvalue weighted by Gasteiger charge is -2.23. The Morgan fingerprint density at radius 2 is 2.36 bits per heavy atom. The van der Waals surface area contributed by atoms with Crippen molar-refractivity contribution in [2.45, 2.75) is 6.92 Å². The Hall–Kier alpha value is -2.15. The highest BCUT2D eigenvalue weighted by Gasteiger charge is 2.55. The van der Waals surface area contributed by atoms with Crippen LogP contribution in [0.2, 0.25) is 0 Å². The second-order valence-corrected chi connectivity index (χ2v) is 5.80. The average molecular weight is 305 g/mol. The van der Waals surface area contributed by atoms with Gasteiger partial charge in [0.1, 0.15) is 11.2 Å². The molecule has 0 unspecified atom stereocenters. The first-order valence-corrected chi connectivity index (χ1v) is 7.39. The molecule has 2 atom stereocenters. The van der Waals surface area contributed by atoms with Crippen LogP contribution in [0.25, 0.3) is 0 Å². The zero-order valence-electron chi connectivity index (χ0n) is 12.4. The molecule has 22 heavy (non-hydrogen) atoms. The van der Waals surface area contributed by atoms with Crippen LogP contribution in [-0.2, 0) is 9.53 Å². The zero-order chi connectivity index (χ0) is 15.7. The van der Waals surface area contributed by atoms with E-state index in [4.69, 9.17) is 4.74 Å². The summed E-state index contributed by atoms with van der Waals surface area (Å²) in [6.45, 7) is 4.37. The van der Waals surface area contributed by atoms with Crippen LogP contribution in [0.4, 0.5) is 5.82 Å². The summed E-state index contributed by atoms with van der Waals surface area (Å²) in [4.78, 5) is 29.5. The van der Waals surface area contributed by atoms with Crippen molar-refractivity contribution in [1.29, 1.82) is 0 Å². The molecule has 1 aromatic rings. The summed E-state index contributed by atoms with van der Waals surface area (Å²) < 4.78 is 4.92. The van der Waals surface area contributed by atoms with Crippen LogP contribution in [-0.4, -0.2) is 54.8 Å². The summed E-state index contributed by atoms with van der Waals surface area (Å²) in [5.74, 6) is -0.376. The molecule has 1 aromatic heterocycles. The summed E-state index contributed by atoms with van der Waals surface area (Å²) in [7, 11) is 0. The number of esters is 1. The van der Waals surface area contributed by atoms with Crippen molar-refractivity contribution in [3.8, 4) is 0 Å². The molecule has 0 aromatic carbocycles. The van der Waals surface area contributed by atoms with Gasteiger partial charge in [0.15, 0.2) is 0 Å². The Balaban J connectivity index is 1.76. The van der Waals surface area contributed by atoms with E-state index in [9.17, 15) is 14.7 Å². The molecule has 0 saturated carbocycles. The smallest absolute Gasteiger partial charge is 0.339 e. The molecule has 2 aliphatic heterocycles. The SMILES string of the molecule is CCOC(=O)c1ccc(N2C[C@H]3CNC[C@@]3(C(=O)O)C2)nc1. The number of carboxylic acids is 1. The molecule has 118 valence electrons. The lowest BCUT2D eigenvalue weighted by molar-refractivity contribution is -0.148. The second-order valence-electron chi connectivity index (χ2n) is 5.80. The number of nitrogens with one attached hydrogen (secondary N) is 1. The molecule has 0 spiro atoms. The number of nitrogens with zero attached hydrogens (tertiary/aromatic N) is 2. The number of carbonyl (C=O) groups is 2. The van der Waals surface area contributed by atoms with Crippen molar-refractivity contribution in [2.75, 3.05) is 37.7 Å². The van der Waals surface area contributed by atoms with Crippen LogP contribution in [0.3, 0.4) is 0 Å². The Kier molecular flexibility index (Phi) is 3.74. The Morgan fingerprint density at radius 3 is 2.95 bits per heavy atom. The fourth-order valence-corrected chi connectivity index (χ4v) is 3.31. The first kappa shape index (κ1) is 14.8. The third-order valence-corrected chi connectivity index (χ3v) is 4.54. The minimum atomic E-state index is -0.756. The number of anilines is 1. The van der Waals surface area contributed by atoms with E-state index in [1.807, 2.05) is 4.90 Å². The number of fused-ring (bicyclic) bond motifs is 1. The van der Waals surface area contributed by atoms with Gasteiger partial charge in [-0.15, -0.1) is 0 Å². The fourth-order valence-electron chi connectivity index (χ4n) is 3.31. The van der Waals surface area contributed by atoms with Crippen LogP contribution < -0.4 is 10.2 Å². The van der Waals surface area contributed by atoms with Gasteiger partial charge in [0, 0.05) is 38.3 Å². The number of aromatic nitrogens is 1. The van der Waals surface area contributed by atoms with Crippen molar-refractivity contribution in [1.82, 2.24) is 10.3 Å². The van der Waals surface area contributed by atoms with Crippen molar-refractivity contribution >= 4 is 17.8 Å². The number of carbonyl (C=O) groups excluding carboxylic acids is 1. The molecule has 3 heterocycles. The van der Waals surface area contributed by atoms with Crippen LogP contribution in [0, 0.1) is 11.3 Å². The van der Waals surface area contributed by atoms with Gasteiger partial charge in [-0.1, -0.05) is 0 Å². The van der Waals surface area contributed by atoms with Gasteiger partial charge in [-0.3, -0.25) is 4.79 Å². The third kappa shape index (κ3) is 2.31. The van der Waals surface area contributed by atoms with Gasteiger partial charge >= 0.3 is 11.9 Å². The summed E-state index contributed by atoms with van der Waals surface area (Å²) in [5.41, 5.74) is -0.332. The van der Waals surface area contributed by atoms with E-state index >= 15 is 0 Å². The molecule has 2 fully saturated rings. The molecular formula is C15H19N3O4. The van der Waals surface area contributed by atoms with E-state index in [2.05, 4.69) is 10.3 Å². The topological polar surface area (TPSA) is 91.8 Å². The number of carboxylic acid groups (broad SMARTS) is 1. The summed E-state index contributed by atoms with van der Waals surface area (Å²) in [5, 5.41) is 12.7. The summed E-state index contributed by atoms with van der Waals surface area (Å²) in [6.07, 6.45) is 1.48. The van der Waals surface area contributed by atoms with Gasteiger partial charge in [0.25, 0.3) is 0 Å². The van der Waals surface area contributed by atoms with Crippen molar-refractivity contribution in [3.05, 3.63) is 23.9 Å². The zero-order valence-corrected chi connectivity index (χ0v) is 12.4. The first-order chi connectivity index (χ1) is 10.6. The minimum Gasteiger partial charge on any atom is -0.481 e. The van der Waals surface area contributed by atoms with Gasteiger partial charge in [-0.05, 0) is 19.1 Å². The third-order valence-electron chi connectivity index (χ3n) is 4.54. The predicted molar refractivity (Wildman–Crippen MR) is 78.8 cm³/mol. The molecule has 0 radical (unpaired) electrons. The first-order valence-electron chi connectivity index (χ1n) is 7.39. The van der Waals surface area contributed by atoms with Crippen molar-refractivity contribution in [2.24, 2.45) is 11.3 Å². The number of pyridine rings is 1. The van der Waals surface area contributed by atoms with E-state index in [-0.39, 0.29) is 5.92 Å². The highest BCUT2D eigenvalue weighted by molar-refractivity contribution is 5.89. The van der Waals surface area contributed by atoms with E-state index in [0.29, 0.717) is 44.2 Å². The van der Waals surface area contributed by atoms with Crippen molar-refractivity contribution < 1.29 is 19.4 Å². The standard InChI is InChI=1S/C15H19N3O4/c1-2-22-13(19)10-3-4-12(17-5-10)18-7-11-6-16-8-15(11,9-18)14(20)21/h3-5,11,16H,2,6-9H2,1H3,(H,20,21)/t11-,15-/m1/s1. The molecular weight excluding hydrogens is 286 g/mol. The number of ether oxygens (including phenoxy) is 1. The van der Waals surface area contributed by atoms with Gasteiger partial charge in [0.2, 0.25) is 0 Å². The number of rotatable bonds is 4. The quantitative estimate of drug-likeness (QED) is 0.776. The van der Waals surface area contributed by atoms with E-state index in [0.717, 1.165) is 0 Å². The summed E-state index contributed by atoms with van der Waals surface area (Å²) >= 11 is 0. The van der Waals surface area contributed by atoms with Gasteiger partial charge < -0.3 is 20.1 Å². The lowest BCUT2D eigenvalue weighted by atomic mass is 9.81. The molecule has 0 aliphatic carbocycles. The maximum atomic E-state index is 11.6. The molecule has 7 heteroatoms. The number of hydrogen-bond acceptors (Lipinski definition) is 6. The Labute approximate surface area is 128 Å². The fraction of sp³-hybridized carbons (Fsp3) is 0.533. The molecule has 2 N–H and O–H groups in total. The van der Waals surface area contributed by atoms with Gasteiger partial charge in [0.05, 0.1) is 12.2 Å². The molecule has 2 saturated heterocycles. The monoisotopic (exact) mass is 305 g/mol. The second kappa shape index (κ2) is 5.57. The molecule has 3 rings (SSSR count). The molecule has 0 bridgehead atoms. The van der Waals surface area contributed by atoms with Crippen molar-refractivity contribution in [3.63, 3.8) is 0 Å². The number of aliphatic carboxylic acids is 1. The molecule has 0 amide bonds. The van der Waals surface area contributed by atoms with Crippen LogP contribution in [0.1, 0.15) is 17.3 Å². The highest BCUT2D eigenvalue weighted by Crippen LogP contribution is 2.40. The van der Waals surface area contributed by atoms with Gasteiger partial charge in [-0.2, -0.15) is 0 Å². The maximum Gasteiger partial charge on any atom is 0.339 e. The normalized spacial score (nSPS) is 26.8. The lowest BCUT2D eigenvalue weighted by Crippen LogP contribution is -2.40. The highest BCUT2D eigenvalue weighted by atomic mass is 16.5. The summed E-state index contributed by atoms with van der Waals surface area (Å²) in [6, 6.07) is 3.41. The largest absolute Gasteiger partial charge is 0.481 e. The van der Waals surface area contributed by atoms with Crippen LogP contribution in [0.5, 0.6) is 0 Å². The Bertz CT molecular complexity index is 589. The average Bonchev–Trinajstić information content (AvgIpc) is 3.05. The molecule has 7 nitrogen and oxygen atoms in total. The van der Waals surface area contributed by atoms with Crippen LogP contribution in [0.15, 0.2) is 18.3 Å². The van der Waals surface area contributed by atoms with E-state index in [1.165, 1.54) is 6.20 Å². The van der Waals surface area contributed by atoms with E-state index in [1.54, 1.807) is 19.1 Å². The minimum absolute atomic E-state index is 0.0801. The maximum absolute atomic E-state index is 11.6. The van der Waals surface area contributed by atoms with E-state index < -0.39 is 17.4 Å².